The summed E-state index contributed by atoms with van der Waals surface area (Å²) in [6.07, 6.45) is 1.30. The summed E-state index contributed by atoms with van der Waals surface area (Å²) in [5.74, 6) is 0. The molecule has 1 aromatic carbocycles. The van der Waals surface area contributed by atoms with Gasteiger partial charge in [0.15, 0.2) is 5.03 Å². The van der Waals surface area contributed by atoms with Crippen molar-refractivity contribution in [2.75, 3.05) is 0 Å². The summed E-state index contributed by atoms with van der Waals surface area (Å²) in [6.45, 7) is 0.630. The fraction of sp³-hybridized carbons (Fsp3) is 0.250. The molecule has 108 valence electrons. The van der Waals surface area contributed by atoms with Gasteiger partial charge in [-0.2, -0.15) is 5.10 Å². The second-order valence-corrected chi connectivity index (χ2v) is 6.36. The molecule has 6 nitrogen and oxygen atoms in total. The van der Waals surface area contributed by atoms with Crippen molar-refractivity contribution < 1.29 is 8.42 Å². The molecule has 3 N–H and O–H groups in total. The highest BCUT2D eigenvalue weighted by Gasteiger charge is 2.22. The number of halogens is 1. The maximum Gasteiger partial charge on any atom is 0.259 e. The monoisotopic (exact) mass is 314 g/mol. The normalized spacial score (nSPS) is 11.8. The van der Waals surface area contributed by atoms with Crippen molar-refractivity contribution in [1.29, 1.82) is 0 Å². The Labute approximate surface area is 122 Å². The van der Waals surface area contributed by atoms with Gasteiger partial charge < -0.3 is 5.73 Å². The molecular weight excluding hydrogens is 300 g/mol. The van der Waals surface area contributed by atoms with Crippen LogP contribution in [0, 0.1) is 0 Å². The van der Waals surface area contributed by atoms with E-state index in [0.29, 0.717) is 6.54 Å². The summed E-state index contributed by atoms with van der Waals surface area (Å²) in [6, 6.07) is 7.38. The molecule has 2 rings (SSSR count). The number of aromatic nitrogens is 2. The molecule has 0 bridgehead atoms. The van der Waals surface area contributed by atoms with Crippen molar-refractivity contribution in [2.24, 2.45) is 12.8 Å². The Kier molecular flexibility index (Phi) is 4.44. The lowest BCUT2D eigenvalue weighted by atomic mass is 10.1. The van der Waals surface area contributed by atoms with Crippen LogP contribution >= 0.6 is 11.6 Å². The van der Waals surface area contributed by atoms with Gasteiger partial charge in [-0.3, -0.25) is 4.68 Å². The van der Waals surface area contributed by atoms with E-state index in [4.69, 9.17) is 17.3 Å². The van der Waals surface area contributed by atoms with Crippen molar-refractivity contribution in [3.63, 3.8) is 0 Å². The topological polar surface area (TPSA) is 90.0 Å². The van der Waals surface area contributed by atoms with Crippen LogP contribution in [0.25, 0.3) is 0 Å². The van der Waals surface area contributed by atoms with E-state index in [0.717, 1.165) is 11.1 Å². The van der Waals surface area contributed by atoms with E-state index in [9.17, 15) is 8.42 Å². The van der Waals surface area contributed by atoms with Gasteiger partial charge >= 0.3 is 0 Å². The molecule has 0 amide bonds. The molecule has 2 aromatic rings. The first-order valence-corrected chi connectivity index (χ1v) is 7.75. The number of nitrogens with zero attached hydrogens (tertiary/aromatic N) is 2. The lowest BCUT2D eigenvalue weighted by molar-refractivity contribution is 0.563. The van der Waals surface area contributed by atoms with Gasteiger partial charge in [-0.1, -0.05) is 35.9 Å². The highest BCUT2D eigenvalue weighted by atomic mass is 35.5. The second-order valence-electron chi connectivity index (χ2n) is 4.27. The van der Waals surface area contributed by atoms with Gasteiger partial charge in [-0.15, -0.1) is 0 Å². The number of nitrogens with one attached hydrogen (secondary N) is 1. The van der Waals surface area contributed by atoms with E-state index in [2.05, 4.69) is 9.82 Å². The predicted octanol–water partition coefficient (Wildman–Crippen LogP) is 1.01. The Bertz CT molecular complexity index is 675. The van der Waals surface area contributed by atoms with Crippen LogP contribution < -0.4 is 10.5 Å². The summed E-state index contributed by atoms with van der Waals surface area (Å²) >= 11 is 5.83. The minimum absolute atomic E-state index is 0.0438. The van der Waals surface area contributed by atoms with Crippen LogP contribution in [-0.4, -0.2) is 18.2 Å². The largest absolute Gasteiger partial charge is 0.326 e. The molecule has 20 heavy (non-hydrogen) atoms. The first kappa shape index (κ1) is 15.0. The summed E-state index contributed by atoms with van der Waals surface area (Å²) in [5.41, 5.74) is 7.33. The summed E-state index contributed by atoms with van der Waals surface area (Å²) < 4.78 is 28.0. The van der Waals surface area contributed by atoms with E-state index in [1.807, 2.05) is 24.3 Å². The van der Waals surface area contributed by atoms with E-state index in [1.165, 1.54) is 17.9 Å². The predicted molar refractivity (Wildman–Crippen MR) is 76.6 cm³/mol. The number of hydrogen-bond acceptors (Lipinski definition) is 4. The molecule has 8 heteroatoms. The number of benzene rings is 1. The third-order valence-corrected chi connectivity index (χ3v) is 4.73. The number of aryl methyl sites for hydroxylation is 1. The Balaban J connectivity index is 2.13. The molecule has 0 spiro atoms. The van der Waals surface area contributed by atoms with Crippen LogP contribution in [0.3, 0.4) is 0 Å². The summed E-state index contributed by atoms with van der Waals surface area (Å²) in [5, 5.41) is 3.86. The maximum absolute atomic E-state index is 12.2. The van der Waals surface area contributed by atoms with Gasteiger partial charge in [-0.25, -0.2) is 13.1 Å². The van der Waals surface area contributed by atoms with Crippen LogP contribution in [-0.2, 0) is 30.2 Å². The molecule has 0 saturated heterocycles. The molecule has 0 aliphatic carbocycles. The van der Waals surface area contributed by atoms with Gasteiger partial charge in [0.2, 0.25) is 0 Å². The Morgan fingerprint density at radius 1 is 1.30 bits per heavy atom. The molecule has 1 aromatic heterocycles. The smallest absolute Gasteiger partial charge is 0.259 e. The van der Waals surface area contributed by atoms with Gasteiger partial charge in [0.1, 0.15) is 0 Å². The third-order valence-electron chi connectivity index (χ3n) is 2.82. The molecule has 1 heterocycles. The fourth-order valence-corrected chi connectivity index (χ4v) is 3.41. The van der Waals surface area contributed by atoms with Crippen molar-refractivity contribution in [3.05, 3.63) is 46.6 Å². The lowest BCUT2D eigenvalue weighted by Gasteiger charge is -2.08. The van der Waals surface area contributed by atoms with E-state index >= 15 is 0 Å². The Morgan fingerprint density at radius 2 is 1.90 bits per heavy atom. The van der Waals surface area contributed by atoms with Crippen LogP contribution in [0.1, 0.15) is 11.1 Å². The van der Waals surface area contributed by atoms with E-state index < -0.39 is 10.0 Å². The SMILES string of the molecule is Cn1ncc(Cl)c1S(=O)(=O)NCc1ccc(CN)cc1. The third kappa shape index (κ3) is 3.18. The van der Waals surface area contributed by atoms with Crippen LogP contribution in [0.2, 0.25) is 5.02 Å². The van der Waals surface area contributed by atoms with E-state index in [-0.39, 0.29) is 16.6 Å². The average molecular weight is 315 g/mol. The number of nitrogens with two attached hydrogens (primary N) is 1. The van der Waals surface area contributed by atoms with Crippen molar-refractivity contribution in [3.8, 4) is 0 Å². The second kappa shape index (κ2) is 5.92. The minimum Gasteiger partial charge on any atom is -0.326 e. The number of sulfonamides is 1. The van der Waals surface area contributed by atoms with Gasteiger partial charge in [-0.05, 0) is 11.1 Å². The van der Waals surface area contributed by atoms with Crippen LogP contribution in [0.4, 0.5) is 0 Å². The lowest BCUT2D eigenvalue weighted by Crippen LogP contribution is -2.25. The van der Waals surface area contributed by atoms with Crippen molar-refractivity contribution in [2.45, 2.75) is 18.1 Å². The molecule has 0 fully saturated rings. The van der Waals surface area contributed by atoms with Gasteiger partial charge in [0.05, 0.1) is 11.2 Å². The summed E-state index contributed by atoms with van der Waals surface area (Å²) in [4.78, 5) is 0. The van der Waals surface area contributed by atoms with Gasteiger partial charge in [0, 0.05) is 20.1 Å². The zero-order valence-electron chi connectivity index (χ0n) is 10.9. The molecule has 0 aliphatic heterocycles. The Hall–Kier alpha value is -1.41. The highest BCUT2D eigenvalue weighted by molar-refractivity contribution is 7.89. The maximum atomic E-state index is 12.2. The van der Waals surface area contributed by atoms with Crippen molar-refractivity contribution >= 4 is 21.6 Å². The summed E-state index contributed by atoms with van der Waals surface area (Å²) in [7, 11) is -2.17. The van der Waals surface area contributed by atoms with Gasteiger partial charge in [0.25, 0.3) is 10.0 Å². The van der Waals surface area contributed by atoms with Crippen molar-refractivity contribution in [1.82, 2.24) is 14.5 Å². The number of hydrogen-bond donors (Lipinski definition) is 2. The molecule has 0 atom stereocenters. The average Bonchev–Trinajstić information content (AvgIpc) is 2.77. The zero-order chi connectivity index (χ0) is 14.8. The molecule has 0 aliphatic rings. The Morgan fingerprint density at radius 3 is 2.40 bits per heavy atom. The minimum atomic E-state index is -3.70. The first-order chi connectivity index (χ1) is 9.44. The van der Waals surface area contributed by atoms with E-state index in [1.54, 1.807) is 0 Å². The van der Waals surface area contributed by atoms with Crippen LogP contribution in [0.15, 0.2) is 35.5 Å². The first-order valence-electron chi connectivity index (χ1n) is 5.89. The standard InChI is InChI=1S/C12H15ClN4O2S/c1-17-12(11(13)8-15-17)20(18,19)16-7-10-4-2-9(6-14)3-5-10/h2-5,8,16H,6-7,14H2,1H3. The highest BCUT2D eigenvalue weighted by Crippen LogP contribution is 2.19. The molecule has 0 saturated carbocycles. The quantitative estimate of drug-likeness (QED) is 0.862. The molecule has 0 unspecified atom stereocenters. The number of rotatable bonds is 5. The zero-order valence-corrected chi connectivity index (χ0v) is 12.4. The molecule has 0 radical (unpaired) electrons. The van der Waals surface area contributed by atoms with Crippen LogP contribution in [0.5, 0.6) is 0 Å². The fourth-order valence-electron chi connectivity index (χ4n) is 1.74. The molecular formula is C12H15ClN4O2S.